The van der Waals surface area contributed by atoms with Crippen molar-refractivity contribution < 1.29 is 20.4 Å². The number of rotatable bonds is 1. The monoisotopic (exact) mass is 92.0 g/mol. The average molecular weight is 92.0 g/mol. The van der Waals surface area contributed by atoms with Crippen molar-refractivity contribution in [3.63, 3.8) is 0 Å². The molecule has 4 nitrogen and oxygen atoms in total. The zero-order valence-electron chi connectivity index (χ0n) is 2.83. The molecule has 0 bridgehead atoms. The molecule has 0 amide bonds. The van der Waals surface area contributed by atoms with E-state index in [9.17, 15) is 5.11 Å². The van der Waals surface area contributed by atoms with E-state index in [1.54, 1.807) is 0 Å². The van der Waals surface area contributed by atoms with E-state index in [2.05, 4.69) is 0 Å². The Morgan fingerprint density at radius 3 is 1.67 bits per heavy atom. The molecule has 0 aliphatic carbocycles. The van der Waals surface area contributed by atoms with Crippen LogP contribution in [0.15, 0.2) is 0 Å². The van der Waals surface area contributed by atoms with Crippen LogP contribution < -0.4 is 0 Å². The molecule has 0 saturated heterocycles. The van der Waals surface area contributed by atoms with E-state index in [1.165, 1.54) is 0 Å². The van der Waals surface area contributed by atoms with Crippen LogP contribution in [0, 0.1) is 6.29 Å². The zero-order chi connectivity index (χ0) is 5.15. The Labute approximate surface area is 34.3 Å². The second-order valence-corrected chi connectivity index (χ2v) is 0.711. The molecule has 1 unspecified atom stereocenters. The van der Waals surface area contributed by atoms with Crippen molar-refractivity contribution in [2.45, 2.75) is 6.29 Å². The summed E-state index contributed by atoms with van der Waals surface area (Å²) in [5.41, 5.74) is 0. The molecule has 0 aromatic carbocycles. The van der Waals surface area contributed by atoms with Crippen molar-refractivity contribution in [1.29, 1.82) is 0 Å². The molecule has 6 heavy (non-hydrogen) atoms. The Morgan fingerprint density at radius 2 is 1.67 bits per heavy atom. The lowest BCUT2D eigenvalue weighted by Crippen LogP contribution is -2.13. The van der Waals surface area contributed by atoms with E-state index in [1.807, 2.05) is 0 Å². The Bertz CT molecular complexity index is 26.5. The maximum absolute atomic E-state index is 9.25. The Kier molecular flexibility index (Phi) is 2.04. The summed E-state index contributed by atoms with van der Waals surface area (Å²) in [6.07, 6.45) is -3.86. The second-order valence-electron chi connectivity index (χ2n) is 0.711. The molecule has 36 valence electrons. The van der Waals surface area contributed by atoms with Crippen LogP contribution >= 0.6 is 0 Å². The first kappa shape index (κ1) is 5.84. The first-order chi connectivity index (χ1) is 2.64. The fourth-order valence-electron chi connectivity index (χ4n) is 0. The Morgan fingerprint density at radius 1 is 1.50 bits per heavy atom. The summed E-state index contributed by atoms with van der Waals surface area (Å²) in [5, 5.41) is 31.9. The third kappa shape index (κ3) is 2.10. The van der Waals surface area contributed by atoms with Gasteiger partial charge in [0.2, 0.25) is 6.29 Å². The summed E-state index contributed by atoms with van der Waals surface area (Å²) in [7, 11) is 0. The molecule has 4 heteroatoms. The van der Waals surface area contributed by atoms with Gasteiger partial charge < -0.3 is 15.3 Å². The van der Waals surface area contributed by atoms with E-state index in [4.69, 9.17) is 15.3 Å². The largest absolute Gasteiger partial charge is 0.361 e. The fourth-order valence-corrected chi connectivity index (χ4v) is 0. The number of aliphatic hydroxyl groups is 3. The van der Waals surface area contributed by atoms with Crippen LogP contribution in [0.4, 0.5) is 0 Å². The van der Waals surface area contributed by atoms with Crippen molar-refractivity contribution in [3.8, 4) is 0 Å². The van der Waals surface area contributed by atoms with Crippen molar-refractivity contribution in [3.05, 3.63) is 6.29 Å². The van der Waals surface area contributed by atoms with Crippen molar-refractivity contribution in [2.75, 3.05) is 0 Å². The molecule has 0 aliphatic rings. The second kappa shape index (κ2) is 2.09. The van der Waals surface area contributed by atoms with Crippen LogP contribution in [0.2, 0.25) is 0 Å². The maximum Gasteiger partial charge on any atom is 0.279 e. The quantitative estimate of drug-likeness (QED) is 0.362. The molecule has 0 aromatic heterocycles. The molecule has 0 spiro atoms. The van der Waals surface area contributed by atoms with Gasteiger partial charge in [-0.15, -0.1) is 0 Å². The topological polar surface area (TPSA) is 80.6 Å². The fraction of sp³-hybridized carbons (Fsp3) is 0.500. The third-order valence-corrected chi connectivity index (χ3v) is 0.221. The van der Waals surface area contributed by atoms with Gasteiger partial charge in [0.1, 0.15) is 0 Å². The normalized spacial score (nSPS) is 11.0. The van der Waals surface area contributed by atoms with Crippen LogP contribution in [0.5, 0.6) is 0 Å². The summed E-state index contributed by atoms with van der Waals surface area (Å²) >= 11 is 0. The summed E-state index contributed by atoms with van der Waals surface area (Å²) in [6, 6.07) is 0. The van der Waals surface area contributed by atoms with E-state index in [0.29, 0.717) is 0 Å². The van der Waals surface area contributed by atoms with Gasteiger partial charge >= 0.3 is 0 Å². The third-order valence-electron chi connectivity index (χ3n) is 0.221. The highest BCUT2D eigenvalue weighted by molar-refractivity contribution is 4.55. The minimum atomic E-state index is -2.37. The highest BCUT2D eigenvalue weighted by atomic mass is 16.6. The van der Waals surface area contributed by atoms with Gasteiger partial charge in [-0.25, -0.2) is 0 Å². The van der Waals surface area contributed by atoms with Crippen LogP contribution in [0.1, 0.15) is 0 Å². The molecule has 0 heterocycles. The van der Waals surface area contributed by atoms with Crippen LogP contribution in [-0.4, -0.2) is 21.6 Å². The van der Waals surface area contributed by atoms with Crippen LogP contribution in [0.25, 0.3) is 0 Å². The molecular formula is C2H4O4. The maximum atomic E-state index is 9.25. The lowest BCUT2D eigenvalue weighted by Gasteiger charge is -1.96. The van der Waals surface area contributed by atoms with Gasteiger partial charge in [0, 0.05) is 0 Å². The smallest absolute Gasteiger partial charge is 0.279 e. The van der Waals surface area contributed by atoms with Gasteiger partial charge in [0.15, 0.2) is 0 Å². The molecule has 3 N–H and O–H groups in total. The highest BCUT2D eigenvalue weighted by Gasteiger charge is 2.10. The van der Waals surface area contributed by atoms with Gasteiger partial charge in [-0.3, -0.25) is 0 Å². The number of hydrogen-bond donors (Lipinski definition) is 3. The first-order valence-electron chi connectivity index (χ1n) is 1.23. The lowest BCUT2D eigenvalue weighted by molar-refractivity contribution is -0.167. The van der Waals surface area contributed by atoms with Gasteiger partial charge in [-0.05, 0) is 0 Å². The van der Waals surface area contributed by atoms with Gasteiger partial charge in [-0.1, -0.05) is 0 Å². The number of hydrogen-bond acceptors (Lipinski definition) is 3. The molecule has 2 radical (unpaired) electrons. The van der Waals surface area contributed by atoms with E-state index < -0.39 is 12.6 Å². The van der Waals surface area contributed by atoms with E-state index >= 15 is 0 Å². The zero-order valence-corrected chi connectivity index (χ0v) is 2.83. The van der Waals surface area contributed by atoms with Gasteiger partial charge in [0.05, 0.1) is 0 Å². The van der Waals surface area contributed by atoms with Crippen LogP contribution in [-0.2, 0) is 5.11 Å². The predicted molar refractivity (Wildman–Crippen MR) is 13.8 cm³/mol. The molecule has 0 rings (SSSR count). The molecule has 0 fully saturated rings. The van der Waals surface area contributed by atoms with Crippen molar-refractivity contribution in [2.24, 2.45) is 0 Å². The number of aliphatic hydroxyl groups excluding tert-OH is 2. The summed E-state index contributed by atoms with van der Waals surface area (Å²) < 4.78 is 0. The highest BCUT2D eigenvalue weighted by Crippen LogP contribution is 1.89. The van der Waals surface area contributed by atoms with Crippen molar-refractivity contribution in [1.82, 2.24) is 0 Å². The summed E-state index contributed by atoms with van der Waals surface area (Å²) in [5.74, 6) is 0. The Hall–Kier alpha value is -0.160. The standard InChI is InChI=1S/C2H4O4/c3-1(4)2(5)6/h1,3,5-6H. The molecule has 1 atom stereocenters. The SMILES string of the molecule is [O]C(O)[C](O)O. The van der Waals surface area contributed by atoms with Gasteiger partial charge in [0.25, 0.3) is 6.29 Å². The van der Waals surface area contributed by atoms with E-state index in [-0.39, 0.29) is 0 Å². The molecular weight excluding hydrogens is 88.0 g/mol. The van der Waals surface area contributed by atoms with Gasteiger partial charge in [-0.2, -0.15) is 5.11 Å². The molecule has 0 saturated carbocycles. The summed E-state index contributed by atoms with van der Waals surface area (Å²) in [6.45, 7) is 0. The first-order valence-corrected chi connectivity index (χ1v) is 1.23. The van der Waals surface area contributed by atoms with E-state index in [0.717, 1.165) is 0 Å². The Balaban J connectivity index is 2.99. The minimum absolute atomic E-state index is 1.49. The lowest BCUT2D eigenvalue weighted by atomic mass is 10.6. The minimum Gasteiger partial charge on any atom is -0.361 e. The molecule has 0 aromatic rings. The van der Waals surface area contributed by atoms with Crippen LogP contribution in [0.3, 0.4) is 0 Å². The van der Waals surface area contributed by atoms with Crippen molar-refractivity contribution >= 4 is 0 Å². The summed E-state index contributed by atoms with van der Waals surface area (Å²) in [4.78, 5) is 0. The predicted octanol–water partition coefficient (Wildman–Crippen LogP) is -1.03. The molecule has 0 aliphatic heterocycles. The average Bonchev–Trinajstić information content (AvgIpc) is 1.36.